The van der Waals surface area contributed by atoms with Crippen molar-refractivity contribution in [3.8, 4) is 0 Å². The quantitative estimate of drug-likeness (QED) is 0.581. The van der Waals surface area contributed by atoms with E-state index in [4.69, 9.17) is 9.84 Å². The van der Waals surface area contributed by atoms with Crippen molar-refractivity contribution in [1.82, 2.24) is 10.6 Å². The zero-order chi connectivity index (χ0) is 12.4. The first-order valence-corrected chi connectivity index (χ1v) is 5.84. The Morgan fingerprint density at radius 3 is 2.25 bits per heavy atom. The molecule has 0 aliphatic carbocycles. The summed E-state index contributed by atoms with van der Waals surface area (Å²) in [5.74, 6) is 0. The molecule has 2 amide bonds. The standard InChI is InChI=1S/C11H24N2O3/c1-4-9(6-7-14)12-11(15)13-10(5-2)8-16-3/h9-10,14H,4-8H2,1-3H3,(H2,12,13,15). The van der Waals surface area contributed by atoms with Gasteiger partial charge in [0.15, 0.2) is 0 Å². The van der Waals surface area contributed by atoms with E-state index in [-0.39, 0.29) is 24.7 Å². The van der Waals surface area contributed by atoms with E-state index >= 15 is 0 Å². The number of ether oxygens (including phenoxy) is 1. The van der Waals surface area contributed by atoms with Crippen LogP contribution in [-0.2, 0) is 4.74 Å². The van der Waals surface area contributed by atoms with Crippen LogP contribution in [0.4, 0.5) is 4.79 Å². The highest BCUT2D eigenvalue weighted by molar-refractivity contribution is 5.74. The van der Waals surface area contributed by atoms with E-state index in [0.717, 1.165) is 12.8 Å². The topological polar surface area (TPSA) is 70.6 Å². The normalized spacial score (nSPS) is 14.2. The molecule has 0 fully saturated rings. The van der Waals surface area contributed by atoms with E-state index in [1.165, 1.54) is 0 Å². The molecule has 2 unspecified atom stereocenters. The molecule has 0 saturated carbocycles. The van der Waals surface area contributed by atoms with Gasteiger partial charge in [0.05, 0.1) is 12.6 Å². The minimum atomic E-state index is -0.191. The SMILES string of the molecule is CCC(CCO)NC(=O)NC(CC)COC. The van der Waals surface area contributed by atoms with Crippen molar-refractivity contribution in [2.45, 2.75) is 45.2 Å². The van der Waals surface area contributed by atoms with Crippen LogP contribution < -0.4 is 10.6 Å². The van der Waals surface area contributed by atoms with Crippen LogP contribution in [0.3, 0.4) is 0 Å². The van der Waals surface area contributed by atoms with Crippen LogP contribution in [0.2, 0.25) is 0 Å². The van der Waals surface area contributed by atoms with E-state index in [1.807, 2.05) is 13.8 Å². The van der Waals surface area contributed by atoms with E-state index in [0.29, 0.717) is 13.0 Å². The summed E-state index contributed by atoms with van der Waals surface area (Å²) in [6.45, 7) is 4.58. The van der Waals surface area contributed by atoms with Crippen molar-refractivity contribution in [2.75, 3.05) is 20.3 Å². The van der Waals surface area contributed by atoms with Crippen LogP contribution >= 0.6 is 0 Å². The van der Waals surface area contributed by atoms with Gasteiger partial charge in [-0.05, 0) is 19.3 Å². The number of carbonyl (C=O) groups is 1. The Hall–Kier alpha value is -0.810. The molecule has 0 radical (unpaired) electrons. The fraction of sp³-hybridized carbons (Fsp3) is 0.909. The summed E-state index contributed by atoms with van der Waals surface area (Å²) >= 11 is 0. The summed E-state index contributed by atoms with van der Waals surface area (Å²) in [6.07, 6.45) is 2.23. The molecule has 16 heavy (non-hydrogen) atoms. The van der Waals surface area contributed by atoms with E-state index < -0.39 is 0 Å². The van der Waals surface area contributed by atoms with Gasteiger partial charge in [-0.2, -0.15) is 0 Å². The molecule has 0 bridgehead atoms. The highest BCUT2D eigenvalue weighted by Crippen LogP contribution is 1.97. The third-order valence-corrected chi connectivity index (χ3v) is 2.50. The van der Waals surface area contributed by atoms with Gasteiger partial charge in [0.25, 0.3) is 0 Å². The molecule has 5 nitrogen and oxygen atoms in total. The second kappa shape index (κ2) is 9.42. The number of carbonyl (C=O) groups excluding carboxylic acids is 1. The fourth-order valence-corrected chi connectivity index (χ4v) is 1.41. The molecule has 0 heterocycles. The predicted octanol–water partition coefficient (Wildman–Crippen LogP) is 0.872. The van der Waals surface area contributed by atoms with Gasteiger partial charge in [-0.3, -0.25) is 0 Å². The molecule has 0 aliphatic rings. The number of amides is 2. The average molecular weight is 232 g/mol. The fourth-order valence-electron chi connectivity index (χ4n) is 1.41. The number of aliphatic hydroxyl groups is 1. The van der Waals surface area contributed by atoms with E-state index in [9.17, 15) is 4.79 Å². The van der Waals surface area contributed by atoms with Crippen LogP contribution in [0, 0.1) is 0 Å². The molecule has 0 aliphatic heterocycles. The Morgan fingerprint density at radius 1 is 1.25 bits per heavy atom. The molecule has 5 heteroatoms. The number of urea groups is 1. The summed E-state index contributed by atoms with van der Waals surface area (Å²) in [4.78, 5) is 11.6. The van der Waals surface area contributed by atoms with Crippen molar-refractivity contribution < 1.29 is 14.6 Å². The van der Waals surface area contributed by atoms with Gasteiger partial charge >= 0.3 is 6.03 Å². The van der Waals surface area contributed by atoms with Gasteiger partial charge in [0, 0.05) is 19.8 Å². The first-order chi connectivity index (χ1) is 7.67. The zero-order valence-corrected chi connectivity index (χ0v) is 10.5. The number of aliphatic hydroxyl groups excluding tert-OH is 1. The third kappa shape index (κ3) is 6.63. The Bertz CT molecular complexity index is 170. The third-order valence-electron chi connectivity index (χ3n) is 2.50. The number of nitrogens with one attached hydrogen (secondary N) is 2. The van der Waals surface area contributed by atoms with E-state index in [1.54, 1.807) is 7.11 Å². The van der Waals surface area contributed by atoms with Crippen molar-refractivity contribution in [1.29, 1.82) is 0 Å². The molecule has 0 aromatic rings. The molecule has 0 spiro atoms. The van der Waals surface area contributed by atoms with E-state index in [2.05, 4.69) is 10.6 Å². The summed E-state index contributed by atoms with van der Waals surface area (Å²) in [7, 11) is 1.61. The van der Waals surface area contributed by atoms with Crippen LogP contribution in [-0.4, -0.2) is 43.5 Å². The lowest BCUT2D eigenvalue weighted by Gasteiger charge is -2.20. The molecule has 96 valence electrons. The van der Waals surface area contributed by atoms with Crippen LogP contribution in [0.15, 0.2) is 0 Å². The second-order valence-electron chi connectivity index (χ2n) is 3.80. The molecular formula is C11H24N2O3. The van der Waals surface area contributed by atoms with Crippen molar-refractivity contribution in [3.05, 3.63) is 0 Å². The Balaban J connectivity index is 3.93. The lowest BCUT2D eigenvalue weighted by molar-refractivity contribution is 0.162. The van der Waals surface area contributed by atoms with Gasteiger partial charge in [-0.1, -0.05) is 13.8 Å². The molecule has 3 N–H and O–H groups in total. The highest BCUT2D eigenvalue weighted by Gasteiger charge is 2.13. The predicted molar refractivity (Wildman–Crippen MR) is 63.4 cm³/mol. The molecule has 0 aromatic heterocycles. The number of rotatable bonds is 8. The zero-order valence-electron chi connectivity index (χ0n) is 10.5. The monoisotopic (exact) mass is 232 g/mol. The lowest BCUT2D eigenvalue weighted by Crippen LogP contribution is -2.47. The minimum Gasteiger partial charge on any atom is -0.396 e. The van der Waals surface area contributed by atoms with Gasteiger partial charge in [0.2, 0.25) is 0 Å². The summed E-state index contributed by atoms with van der Waals surface area (Å²) in [6, 6.07) is -0.120. The Morgan fingerprint density at radius 2 is 1.81 bits per heavy atom. The first kappa shape index (κ1) is 15.2. The maximum atomic E-state index is 11.6. The van der Waals surface area contributed by atoms with Crippen LogP contribution in [0.5, 0.6) is 0 Å². The molecule has 0 rings (SSSR count). The van der Waals surface area contributed by atoms with Gasteiger partial charge < -0.3 is 20.5 Å². The smallest absolute Gasteiger partial charge is 0.315 e. The van der Waals surface area contributed by atoms with Gasteiger partial charge in [0.1, 0.15) is 0 Å². The average Bonchev–Trinajstić information content (AvgIpc) is 2.27. The van der Waals surface area contributed by atoms with Crippen LogP contribution in [0.1, 0.15) is 33.1 Å². The highest BCUT2D eigenvalue weighted by atomic mass is 16.5. The number of methoxy groups -OCH3 is 1. The van der Waals surface area contributed by atoms with Crippen LogP contribution in [0.25, 0.3) is 0 Å². The number of hydrogen-bond donors (Lipinski definition) is 3. The molecule has 0 aromatic carbocycles. The molecule has 2 atom stereocenters. The second-order valence-corrected chi connectivity index (χ2v) is 3.80. The summed E-state index contributed by atoms with van der Waals surface area (Å²) in [5, 5.41) is 14.5. The van der Waals surface area contributed by atoms with Crippen molar-refractivity contribution >= 4 is 6.03 Å². The van der Waals surface area contributed by atoms with Gasteiger partial charge in [-0.15, -0.1) is 0 Å². The van der Waals surface area contributed by atoms with Crippen molar-refractivity contribution in [3.63, 3.8) is 0 Å². The first-order valence-electron chi connectivity index (χ1n) is 5.84. The number of hydrogen-bond acceptors (Lipinski definition) is 3. The molecule has 0 saturated heterocycles. The largest absolute Gasteiger partial charge is 0.396 e. The maximum absolute atomic E-state index is 11.6. The maximum Gasteiger partial charge on any atom is 0.315 e. The summed E-state index contributed by atoms with van der Waals surface area (Å²) in [5.41, 5.74) is 0. The van der Waals surface area contributed by atoms with Gasteiger partial charge in [-0.25, -0.2) is 4.79 Å². The summed E-state index contributed by atoms with van der Waals surface area (Å²) < 4.78 is 4.99. The lowest BCUT2D eigenvalue weighted by atomic mass is 10.1. The Kier molecular flexibility index (Phi) is 8.94. The van der Waals surface area contributed by atoms with Crippen molar-refractivity contribution in [2.24, 2.45) is 0 Å². The Labute approximate surface area is 97.6 Å². The minimum absolute atomic E-state index is 0.0325. The molecular weight excluding hydrogens is 208 g/mol.